The Kier molecular flexibility index (Phi) is 2.97. The Morgan fingerprint density at radius 1 is 1.21 bits per heavy atom. The first-order valence-corrected chi connectivity index (χ1v) is 6.61. The van der Waals surface area contributed by atoms with Crippen LogP contribution in [-0.2, 0) is 0 Å². The van der Waals surface area contributed by atoms with Crippen molar-refractivity contribution in [2.75, 3.05) is 12.8 Å². The fraction of sp³-hybridized carbons (Fsp3) is 0.0714. The summed E-state index contributed by atoms with van der Waals surface area (Å²) >= 11 is 1.61. The van der Waals surface area contributed by atoms with Crippen LogP contribution in [0.15, 0.2) is 46.3 Å². The fourth-order valence-corrected chi connectivity index (χ4v) is 2.68. The summed E-state index contributed by atoms with van der Waals surface area (Å²) < 4.78 is 10.3. The zero-order valence-corrected chi connectivity index (χ0v) is 11.1. The monoisotopic (exact) mass is 272 g/mol. The molecule has 1 aromatic carbocycles. The summed E-state index contributed by atoms with van der Waals surface area (Å²) in [5.41, 5.74) is 8.43. The molecule has 3 aromatic rings. The van der Waals surface area contributed by atoms with Crippen molar-refractivity contribution in [1.29, 1.82) is 0 Å². The van der Waals surface area contributed by atoms with Gasteiger partial charge in [-0.2, -0.15) is 0 Å². The van der Waals surface area contributed by atoms with Crippen molar-refractivity contribution < 1.29 is 9.26 Å². The predicted octanol–water partition coefficient (Wildman–Crippen LogP) is 3.66. The molecule has 0 aliphatic heterocycles. The lowest BCUT2D eigenvalue weighted by Crippen LogP contribution is -1.86. The van der Waals surface area contributed by atoms with Crippen molar-refractivity contribution in [3.63, 3.8) is 0 Å². The van der Waals surface area contributed by atoms with Crippen molar-refractivity contribution in [2.24, 2.45) is 0 Å². The number of hydrogen-bond donors (Lipinski definition) is 1. The molecule has 2 aromatic heterocycles. The summed E-state index contributed by atoms with van der Waals surface area (Å²) in [5, 5.41) is 6.06. The number of anilines is 1. The van der Waals surface area contributed by atoms with Crippen molar-refractivity contribution in [2.45, 2.75) is 0 Å². The van der Waals surface area contributed by atoms with Crippen molar-refractivity contribution >= 4 is 17.2 Å². The topological polar surface area (TPSA) is 61.3 Å². The molecule has 4 nitrogen and oxygen atoms in total. The van der Waals surface area contributed by atoms with Crippen LogP contribution in [-0.4, -0.2) is 12.3 Å². The van der Waals surface area contributed by atoms with E-state index in [1.165, 1.54) is 0 Å². The zero-order valence-electron chi connectivity index (χ0n) is 10.3. The smallest absolute Gasteiger partial charge is 0.231 e. The summed E-state index contributed by atoms with van der Waals surface area (Å²) in [4.78, 5) is 1.05. The van der Waals surface area contributed by atoms with Gasteiger partial charge in [0.05, 0.1) is 12.7 Å². The Morgan fingerprint density at radius 3 is 2.63 bits per heavy atom. The lowest BCUT2D eigenvalue weighted by molar-refractivity contribution is 0.415. The predicted molar refractivity (Wildman–Crippen MR) is 76.2 cm³/mol. The summed E-state index contributed by atoms with van der Waals surface area (Å²) in [7, 11) is 1.64. The number of nitrogen functional groups attached to an aromatic ring is 1. The summed E-state index contributed by atoms with van der Waals surface area (Å²) in [6.45, 7) is 0. The number of thiophene rings is 1. The van der Waals surface area contributed by atoms with Crippen LogP contribution in [0.4, 0.5) is 5.88 Å². The van der Waals surface area contributed by atoms with Gasteiger partial charge in [0.25, 0.3) is 0 Å². The Labute approximate surface area is 114 Å². The molecule has 2 heterocycles. The van der Waals surface area contributed by atoms with Gasteiger partial charge >= 0.3 is 0 Å². The Morgan fingerprint density at radius 2 is 2.00 bits per heavy atom. The molecule has 0 aliphatic rings. The summed E-state index contributed by atoms with van der Waals surface area (Å²) in [6.07, 6.45) is 0. The average molecular weight is 272 g/mol. The molecule has 96 valence electrons. The molecule has 0 aliphatic carbocycles. The van der Waals surface area contributed by atoms with E-state index in [4.69, 9.17) is 15.0 Å². The highest BCUT2D eigenvalue weighted by Gasteiger charge is 2.18. The molecule has 0 bridgehead atoms. The van der Waals surface area contributed by atoms with E-state index in [0.717, 1.165) is 27.4 Å². The highest BCUT2D eigenvalue weighted by atomic mass is 32.1. The first kappa shape index (κ1) is 11.8. The van der Waals surface area contributed by atoms with E-state index in [1.54, 1.807) is 18.4 Å². The van der Waals surface area contributed by atoms with Gasteiger partial charge in [-0.25, -0.2) is 0 Å². The third-order valence-electron chi connectivity index (χ3n) is 2.85. The minimum atomic E-state index is 0.341. The molecule has 0 atom stereocenters. The lowest BCUT2D eigenvalue weighted by Gasteiger charge is -2.02. The molecule has 0 saturated carbocycles. The zero-order chi connectivity index (χ0) is 13.2. The number of methoxy groups -OCH3 is 1. The first-order valence-electron chi connectivity index (χ1n) is 5.73. The van der Waals surface area contributed by atoms with E-state index in [0.29, 0.717) is 5.88 Å². The molecule has 3 rings (SSSR count). The largest absolute Gasteiger partial charge is 0.497 e. The third kappa shape index (κ3) is 2.08. The van der Waals surface area contributed by atoms with E-state index in [2.05, 4.69) is 5.16 Å². The third-order valence-corrected chi connectivity index (χ3v) is 3.74. The van der Waals surface area contributed by atoms with Crippen LogP contribution >= 0.6 is 11.3 Å². The van der Waals surface area contributed by atoms with E-state index in [-0.39, 0.29) is 0 Å². The van der Waals surface area contributed by atoms with E-state index in [9.17, 15) is 0 Å². The molecule has 2 N–H and O–H groups in total. The fourth-order valence-electron chi connectivity index (χ4n) is 1.91. The maximum Gasteiger partial charge on any atom is 0.231 e. The second-order valence-electron chi connectivity index (χ2n) is 3.98. The number of ether oxygens (including phenoxy) is 1. The standard InChI is InChI=1S/C14H12N2O2S/c1-17-10-6-4-9(5-7-10)13-12(14(15)18-16-13)11-3-2-8-19-11/h2-8H,15H2,1H3. The second kappa shape index (κ2) is 4.78. The Hall–Kier alpha value is -2.27. The lowest BCUT2D eigenvalue weighted by atomic mass is 10.1. The number of aromatic nitrogens is 1. The van der Waals surface area contributed by atoms with Crippen LogP contribution < -0.4 is 10.5 Å². The number of benzene rings is 1. The quantitative estimate of drug-likeness (QED) is 0.790. The van der Waals surface area contributed by atoms with Gasteiger partial charge in [0.2, 0.25) is 5.88 Å². The maximum absolute atomic E-state index is 5.88. The van der Waals surface area contributed by atoms with Crippen LogP contribution in [0.2, 0.25) is 0 Å². The van der Waals surface area contributed by atoms with Gasteiger partial charge in [-0.05, 0) is 35.7 Å². The number of rotatable bonds is 3. The molecule has 0 radical (unpaired) electrons. The average Bonchev–Trinajstić information content (AvgIpc) is 3.08. The normalized spacial score (nSPS) is 10.6. The van der Waals surface area contributed by atoms with E-state index >= 15 is 0 Å². The summed E-state index contributed by atoms with van der Waals surface area (Å²) in [6, 6.07) is 11.6. The van der Waals surface area contributed by atoms with Crippen LogP contribution in [0, 0.1) is 0 Å². The highest BCUT2D eigenvalue weighted by Crippen LogP contribution is 2.38. The number of nitrogens with two attached hydrogens (primary N) is 1. The molecule has 5 heteroatoms. The van der Waals surface area contributed by atoms with E-state index < -0.39 is 0 Å². The Bertz CT molecular complexity index is 672. The molecule has 0 fully saturated rings. The van der Waals surface area contributed by atoms with Gasteiger partial charge in [-0.15, -0.1) is 11.3 Å². The van der Waals surface area contributed by atoms with Crippen LogP contribution in [0.1, 0.15) is 0 Å². The molecule has 0 saturated heterocycles. The van der Waals surface area contributed by atoms with Crippen LogP contribution in [0.5, 0.6) is 5.75 Å². The van der Waals surface area contributed by atoms with Crippen molar-refractivity contribution in [1.82, 2.24) is 5.16 Å². The van der Waals surface area contributed by atoms with Crippen LogP contribution in [0.3, 0.4) is 0 Å². The van der Waals surface area contributed by atoms with Gasteiger partial charge in [0.15, 0.2) is 0 Å². The highest BCUT2D eigenvalue weighted by molar-refractivity contribution is 7.13. The minimum Gasteiger partial charge on any atom is -0.497 e. The van der Waals surface area contributed by atoms with Crippen LogP contribution in [0.25, 0.3) is 21.7 Å². The molecule has 0 unspecified atom stereocenters. The summed E-state index contributed by atoms with van der Waals surface area (Å²) in [5.74, 6) is 1.14. The molecule has 0 amide bonds. The molecular weight excluding hydrogens is 260 g/mol. The molecule has 19 heavy (non-hydrogen) atoms. The van der Waals surface area contributed by atoms with Gasteiger partial charge in [-0.1, -0.05) is 11.2 Å². The van der Waals surface area contributed by atoms with Gasteiger partial charge in [0.1, 0.15) is 11.4 Å². The number of hydrogen-bond acceptors (Lipinski definition) is 5. The minimum absolute atomic E-state index is 0.341. The van der Waals surface area contributed by atoms with Crippen molar-refractivity contribution in [3.8, 4) is 27.4 Å². The Balaban J connectivity index is 2.10. The molecule has 0 spiro atoms. The SMILES string of the molecule is COc1ccc(-c2noc(N)c2-c2cccs2)cc1. The van der Waals surface area contributed by atoms with Crippen molar-refractivity contribution in [3.05, 3.63) is 41.8 Å². The first-order chi connectivity index (χ1) is 9.29. The van der Waals surface area contributed by atoms with Gasteiger partial charge in [0, 0.05) is 10.4 Å². The van der Waals surface area contributed by atoms with Gasteiger partial charge < -0.3 is 15.0 Å². The van der Waals surface area contributed by atoms with E-state index in [1.807, 2.05) is 41.8 Å². The number of nitrogens with zero attached hydrogens (tertiary/aromatic N) is 1. The maximum atomic E-state index is 5.88. The molecular formula is C14H12N2O2S. The van der Waals surface area contributed by atoms with Gasteiger partial charge in [-0.3, -0.25) is 0 Å². The second-order valence-corrected chi connectivity index (χ2v) is 4.92.